The highest BCUT2D eigenvalue weighted by atomic mass is 35.5. The molecule has 0 aliphatic carbocycles. The van der Waals surface area contributed by atoms with E-state index in [1.54, 1.807) is 12.3 Å². The first kappa shape index (κ1) is 17.5. The SMILES string of the molecule is Cn1cccc1C(=S)Nc1ccc(Cl)c(/C=N/OC(C)(C)C)c1. The molecule has 0 aliphatic heterocycles. The monoisotopic (exact) mass is 349 g/mol. The minimum atomic E-state index is -0.340. The maximum Gasteiger partial charge on any atom is 0.129 e. The molecule has 122 valence electrons. The van der Waals surface area contributed by atoms with E-state index in [-0.39, 0.29) is 5.60 Å². The fourth-order valence-corrected chi connectivity index (χ4v) is 2.35. The minimum absolute atomic E-state index is 0.340. The normalized spacial score (nSPS) is 11.7. The molecule has 1 heterocycles. The first-order chi connectivity index (χ1) is 10.8. The van der Waals surface area contributed by atoms with Crippen LogP contribution in [-0.4, -0.2) is 21.4 Å². The largest absolute Gasteiger partial charge is 0.390 e. The molecular formula is C17H20ClN3OS. The molecule has 4 nitrogen and oxygen atoms in total. The highest BCUT2D eigenvalue weighted by Gasteiger charge is 2.10. The topological polar surface area (TPSA) is 38.5 Å². The first-order valence-corrected chi connectivity index (χ1v) is 7.99. The summed E-state index contributed by atoms with van der Waals surface area (Å²) in [5.41, 5.74) is 2.21. The van der Waals surface area contributed by atoms with Crippen LogP contribution in [0.1, 0.15) is 32.0 Å². The van der Waals surface area contributed by atoms with Gasteiger partial charge in [0.15, 0.2) is 0 Å². The van der Waals surface area contributed by atoms with Crippen molar-refractivity contribution >= 4 is 40.7 Å². The number of oxime groups is 1. The summed E-state index contributed by atoms with van der Waals surface area (Å²) in [5, 5.41) is 7.79. The van der Waals surface area contributed by atoms with E-state index < -0.39 is 0 Å². The van der Waals surface area contributed by atoms with Crippen molar-refractivity contribution in [2.45, 2.75) is 26.4 Å². The third-order valence-corrected chi connectivity index (χ3v) is 3.60. The summed E-state index contributed by atoms with van der Waals surface area (Å²) in [5.74, 6) is 0. The van der Waals surface area contributed by atoms with Crippen LogP contribution in [-0.2, 0) is 11.9 Å². The number of rotatable bonds is 4. The Morgan fingerprint density at radius 1 is 1.35 bits per heavy atom. The van der Waals surface area contributed by atoms with Crippen LogP contribution in [0, 0.1) is 0 Å². The summed E-state index contributed by atoms with van der Waals surface area (Å²) in [4.78, 5) is 5.99. The van der Waals surface area contributed by atoms with E-state index in [1.807, 2.05) is 62.8 Å². The molecule has 0 spiro atoms. The molecule has 23 heavy (non-hydrogen) atoms. The van der Waals surface area contributed by atoms with Crippen molar-refractivity contribution in [1.29, 1.82) is 0 Å². The Balaban J connectivity index is 2.14. The molecule has 1 N–H and O–H groups in total. The summed E-state index contributed by atoms with van der Waals surface area (Å²) in [6.45, 7) is 5.80. The Morgan fingerprint density at radius 3 is 2.70 bits per heavy atom. The maximum absolute atomic E-state index is 6.20. The molecule has 0 aliphatic rings. The summed E-state index contributed by atoms with van der Waals surface area (Å²) in [6.07, 6.45) is 3.55. The number of anilines is 1. The number of aryl methyl sites for hydroxylation is 1. The van der Waals surface area contributed by atoms with Crippen LogP contribution >= 0.6 is 23.8 Å². The lowest BCUT2D eigenvalue weighted by atomic mass is 10.2. The van der Waals surface area contributed by atoms with Gasteiger partial charge in [0.25, 0.3) is 0 Å². The average Bonchev–Trinajstić information content (AvgIpc) is 2.87. The van der Waals surface area contributed by atoms with Crippen LogP contribution in [0.5, 0.6) is 0 Å². The maximum atomic E-state index is 6.20. The van der Waals surface area contributed by atoms with E-state index in [1.165, 1.54) is 0 Å². The highest BCUT2D eigenvalue weighted by molar-refractivity contribution is 7.81. The molecule has 0 bridgehead atoms. The highest BCUT2D eigenvalue weighted by Crippen LogP contribution is 2.20. The zero-order valence-electron chi connectivity index (χ0n) is 13.6. The lowest BCUT2D eigenvalue weighted by Crippen LogP contribution is -2.15. The van der Waals surface area contributed by atoms with Gasteiger partial charge in [-0.1, -0.05) is 29.0 Å². The van der Waals surface area contributed by atoms with Gasteiger partial charge < -0.3 is 14.7 Å². The molecule has 1 aromatic carbocycles. The molecule has 0 saturated heterocycles. The molecule has 0 amide bonds. The van der Waals surface area contributed by atoms with Gasteiger partial charge in [-0.15, -0.1) is 0 Å². The predicted molar refractivity (Wildman–Crippen MR) is 101 cm³/mol. The van der Waals surface area contributed by atoms with E-state index in [9.17, 15) is 0 Å². The third-order valence-electron chi connectivity index (χ3n) is 2.95. The van der Waals surface area contributed by atoms with Gasteiger partial charge in [0.1, 0.15) is 10.6 Å². The lowest BCUT2D eigenvalue weighted by molar-refractivity contribution is 0.00199. The number of halogens is 1. The van der Waals surface area contributed by atoms with Crippen molar-refractivity contribution in [3.05, 3.63) is 52.8 Å². The standard InChI is InChI=1S/C17H20ClN3OS/c1-17(2,3)22-19-11-12-10-13(7-8-14(12)18)20-16(23)15-6-5-9-21(15)4/h5-11H,1-4H3,(H,20,23)/b19-11+. The van der Waals surface area contributed by atoms with Crippen LogP contribution < -0.4 is 5.32 Å². The van der Waals surface area contributed by atoms with Gasteiger partial charge in [-0.2, -0.15) is 0 Å². The van der Waals surface area contributed by atoms with Gasteiger partial charge >= 0.3 is 0 Å². The van der Waals surface area contributed by atoms with Gasteiger partial charge in [-0.3, -0.25) is 0 Å². The molecule has 2 rings (SSSR count). The molecule has 6 heteroatoms. The summed E-state index contributed by atoms with van der Waals surface area (Å²) >= 11 is 11.6. The zero-order chi connectivity index (χ0) is 17.0. The first-order valence-electron chi connectivity index (χ1n) is 7.20. The Labute approximate surface area is 147 Å². The van der Waals surface area contributed by atoms with Gasteiger partial charge in [-0.25, -0.2) is 0 Å². The number of hydrogen-bond donors (Lipinski definition) is 1. The number of nitrogens with zero attached hydrogens (tertiary/aromatic N) is 2. The Kier molecular flexibility index (Phi) is 5.44. The van der Waals surface area contributed by atoms with Crippen molar-refractivity contribution < 1.29 is 4.84 Å². The van der Waals surface area contributed by atoms with E-state index in [2.05, 4.69) is 10.5 Å². The number of thiocarbonyl (C=S) groups is 1. The number of aromatic nitrogens is 1. The van der Waals surface area contributed by atoms with Gasteiger partial charge in [-0.05, 0) is 51.1 Å². The molecule has 0 unspecified atom stereocenters. The Hall–Kier alpha value is -1.85. The summed E-state index contributed by atoms with van der Waals surface area (Å²) in [6, 6.07) is 9.47. The average molecular weight is 350 g/mol. The van der Waals surface area contributed by atoms with E-state index in [4.69, 9.17) is 28.7 Å². The smallest absolute Gasteiger partial charge is 0.129 e. The van der Waals surface area contributed by atoms with Gasteiger partial charge in [0, 0.05) is 29.5 Å². The van der Waals surface area contributed by atoms with E-state index in [0.717, 1.165) is 16.9 Å². The second-order valence-corrected chi connectivity index (χ2v) is 6.95. The summed E-state index contributed by atoms with van der Waals surface area (Å²) in [7, 11) is 1.95. The molecule has 0 radical (unpaired) electrons. The van der Waals surface area contributed by atoms with Crippen LogP contribution in [0.15, 0.2) is 41.7 Å². The number of nitrogens with one attached hydrogen (secondary N) is 1. The van der Waals surface area contributed by atoms with Crippen LogP contribution in [0.2, 0.25) is 5.02 Å². The van der Waals surface area contributed by atoms with Crippen LogP contribution in [0.4, 0.5) is 5.69 Å². The molecular weight excluding hydrogens is 330 g/mol. The van der Waals surface area contributed by atoms with Crippen molar-refractivity contribution in [2.24, 2.45) is 12.2 Å². The predicted octanol–water partition coefficient (Wildman–Crippen LogP) is 4.62. The molecule has 0 atom stereocenters. The van der Waals surface area contributed by atoms with Crippen LogP contribution in [0.25, 0.3) is 0 Å². The van der Waals surface area contributed by atoms with Gasteiger partial charge in [0.2, 0.25) is 0 Å². The fraction of sp³-hybridized carbons (Fsp3) is 0.294. The van der Waals surface area contributed by atoms with Crippen LogP contribution in [0.3, 0.4) is 0 Å². The van der Waals surface area contributed by atoms with E-state index in [0.29, 0.717) is 10.0 Å². The second-order valence-electron chi connectivity index (χ2n) is 6.13. The summed E-state index contributed by atoms with van der Waals surface area (Å²) < 4.78 is 1.96. The number of benzene rings is 1. The van der Waals surface area contributed by atoms with Crippen molar-refractivity contribution in [3.63, 3.8) is 0 Å². The lowest BCUT2D eigenvalue weighted by Gasteiger charge is -2.15. The molecule has 1 aromatic heterocycles. The van der Waals surface area contributed by atoms with Crippen molar-refractivity contribution in [2.75, 3.05) is 5.32 Å². The Morgan fingerprint density at radius 2 is 2.09 bits per heavy atom. The van der Waals surface area contributed by atoms with E-state index >= 15 is 0 Å². The zero-order valence-corrected chi connectivity index (χ0v) is 15.2. The van der Waals surface area contributed by atoms with Crippen molar-refractivity contribution in [1.82, 2.24) is 4.57 Å². The quantitative estimate of drug-likeness (QED) is 0.497. The van der Waals surface area contributed by atoms with Crippen molar-refractivity contribution in [3.8, 4) is 0 Å². The Bertz CT molecular complexity index is 732. The third kappa shape index (κ3) is 5.08. The molecule has 0 fully saturated rings. The second kappa shape index (κ2) is 7.15. The van der Waals surface area contributed by atoms with Gasteiger partial charge in [0.05, 0.1) is 11.9 Å². The minimum Gasteiger partial charge on any atom is -0.390 e. The molecule has 0 saturated carbocycles. The molecule has 2 aromatic rings. The number of hydrogen-bond acceptors (Lipinski definition) is 3. The fourth-order valence-electron chi connectivity index (χ4n) is 1.85.